The molecular formula is C31H35NO4. The summed E-state index contributed by atoms with van der Waals surface area (Å²) in [7, 11) is 0. The lowest BCUT2D eigenvalue weighted by molar-refractivity contribution is -0.138. The van der Waals surface area contributed by atoms with Crippen molar-refractivity contribution in [1.82, 2.24) is 4.90 Å². The molecule has 5 nitrogen and oxygen atoms in total. The zero-order chi connectivity index (χ0) is 25.5. The Balaban J connectivity index is 1.31. The zero-order valence-electron chi connectivity index (χ0n) is 20.8. The Kier molecular flexibility index (Phi) is 8.34. The van der Waals surface area contributed by atoms with Crippen LogP contribution in [0.3, 0.4) is 0 Å². The van der Waals surface area contributed by atoms with Gasteiger partial charge >= 0.3 is 5.97 Å². The maximum absolute atomic E-state index is 12.6. The molecule has 0 aromatic heterocycles. The van der Waals surface area contributed by atoms with Crippen molar-refractivity contribution in [2.24, 2.45) is 5.92 Å². The average Bonchev–Trinajstić information content (AvgIpc) is 2.93. The van der Waals surface area contributed by atoms with Gasteiger partial charge < -0.3 is 15.1 Å². The van der Waals surface area contributed by atoms with Gasteiger partial charge in [0.2, 0.25) is 0 Å². The van der Waals surface area contributed by atoms with E-state index in [0.29, 0.717) is 17.5 Å². The standard InChI is InChI=1S/C31H35NO4/c1-23(30(34)35)24-14-16-25(17-15-24)29(33)13-8-20-32-21-18-28(19-22-32)31(36,26-9-4-2-5-10-26)27-11-6-3-7-12-27/h2-7,9-12,14-17,23,28,36H,8,13,18-22H2,1H3,(H,34,35). The lowest BCUT2D eigenvalue weighted by Gasteiger charge is -2.42. The first kappa shape index (κ1) is 25.8. The number of likely N-dealkylation sites (tertiary alicyclic amines) is 1. The SMILES string of the molecule is CC(C(=O)O)c1ccc(C(=O)CCCN2CCC(C(O)(c3ccccc3)c3ccccc3)CC2)cc1. The van der Waals surface area contributed by atoms with Crippen LogP contribution in [0.2, 0.25) is 0 Å². The van der Waals surface area contributed by atoms with E-state index in [0.717, 1.165) is 50.0 Å². The summed E-state index contributed by atoms with van der Waals surface area (Å²) >= 11 is 0. The zero-order valence-corrected chi connectivity index (χ0v) is 20.8. The summed E-state index contributed by atoms with van der Waals surface area (Å²) in [6.07, 6.45) is 3.01. The number of hydrogen-bond donors (Lipinski definition) is 2. The van der Waals surface area contributed by atoms with Crippen molar-refractivity contribution in [2.45, 2.75) is 44.1 Å². The van der Waals surface area contributed by atoms with E-state index < -0.39 is 17.5 Å². The first-order valence-corrected chi connectivity index (χ1v) is 12.8. The Morgan fingerprint density at radius 2 is 1.42 bits per heavy atom. The van der Waals surface area contributed by atoms with Gasteiger partial charge in [0, 0.05) is 12.0 Å². The van der Waals surface area contributed by atoms with Crippen LogP contribution >= 0.6 is 0 Å². The predicted octanol–water partition coefficient (Wildman–Crippen LogP) is 5.49. The second-order valence-corrected chi connectivity index (χ2v) is 9.82. The molecule has 1 aliphatic heterocycles. The molecule has 1 unspecified atom stereocenters. The maximum atomic E-state index is 12.6. The summed E-state index contributed by atoms with van der Waals surface area (Å²) < 4.78 is 0. The van der Waals surface area contributed by atoms with Crippen LogP contribution in [0.5, 0.6) is 0 Å². The lowest BCUT2D eigenvalue weighted by Crippen LogP contribution is -2.44. The van der Waals surface area contributed by atoms with E-state index in [1.165, 1.54) is 0 Å². The molecule has 0 aliphatic carbocycles. The Morgan fingerprint density at radius 3 is 1.92 bits per heavy atom. The van der Waals surface area contributed by atoms with Crippen LogP contribution in [0.1, 0.15) is 65.6 Å². The highest BCUT2D eigenvalue weighted by Crippen LogP contribution is 2.41. The van der Waals surface area contributed by atoms with E-state index in [4.69, 9.17) is 5.11 Å². The number of hydrogen-bond acceptors (Lipinski definition) is 4. The molecule has 5 heteroatoms. The summed E-state index contributed by atoms with van der Waals surface area (Å²) in [4.78, 5) is 26.2. The summed E-state index contributed by atoms with van der Waals surface area (Å²) in [6.45, 7) is 4.27. The topological polar surface area (TPSA) is 77.8 Å². The molecule has 0 saturated carbocycles. The monoisotopic (exact) mass is 485 g/mol. The molecule has 2 N–H and O–H groups in total. The molecule has 4 rings (SSSR count). The number of aliphatic hydroxyl groups is 1. The van der Waals surface area contributed by atoms with Crippen molar-refractivity contribution in [1.29, 1.82) is 0 Å². The van der Waals surface area contributed by atoms with Gasteiger partial charge in [0.1, 0.15) is 5.60 Å². The molecule has 0 amide bonds. The normalized spacial score (nSPS) is 15.9. The molecule has 0 bridgehead atoms. The van der Waals surface area contributed by atoms with Crippen LogP contribution in [-0.4, -0.2) is 46.5 Å². The van der Waals surface area contributed by atoms with Gasteiger partial charge in [-0.2, -0.15) is 0 Å². The third-order valence-electron chi connectivity index (χ3n) is 7.59. The van der Waals surface area contributed by atoms with Gasteiger partial charge in [-0.1, -0.05) is 84.9 Å². The summed E-state index contributed by atoms with van der Waals surface area (Å²) in [5, 5.41) is 21.2. The molecule has 3 aromatic carbocycles. The number of carbonyl (C=O) groups excluding carboxylic acids is 1. The number of piperidine rings is 1. The molecule has 1 saturated heterocycles. The van der Waals surface area contributed by atoms with Gasteiger partial charge in [-0.25, -0.2) is 0 Å². The van der Waals surface area contributed by atoms with Gasteiger partial charge in [0.25, 0.3) is 0 Å². The van der Waals surface area contributed by atoms with E-state index in [2.05, 4.69) is 4.90 Å². The molecule has 1 fully saturated rings. The Bertz CT molecular complexity index is 1100. The van der Waals surface area contributed by atoms with Crippen molar-refractivity contribution >= 4 is 11.8 Å². The van der Waals surface area contributed by atoms with Crippen LogP contribution in [0.25, 0.3) is 0 Å². The highest BCUT2D eigenvalue weighted by Gasteiger charge is 2.41. The van der Waals surface area contributed by atoms with Crippen LogP contribution in [-0.2, 0) is 10.4 Å². The molecule has 3 aromatic rings. The quantitative estimate of drug-likeness (QED) is 0.372. The van der Waals surface area contributed by atoms with Gasteiger partial charge in [-0.3, -0.25) is 9.59 Å². The Morgan fingerprint density at radius 1 is 0.889 bits per heavy atom. The molecule has 0 spiro atoms. The van der Waals surface area contributed by atoms with Gasteiger partial charge in [0.15, 0.2) is 5.78 Å². The van der Waals surface area contributed by atoms with E-state index in [1.54, 1.807) is 31.2 Å². The molecule has 36 heavy (non-hydrogen) atoms. The number of carboxylic acids is 1. The number of ketones is 1. The number of aliphatic carboxylic acids is 1. The summed E-state index contributed by atoms with van der Waals surface area (Å²) in [6, 6.07) is 26.9. The molecule has 1 atom stereocenters. The Labute approximate surface area is 213 Å². The third kappa shape index (κ3) is 5.75. The van der Waals surface area contributed by atoms with Crippen LogP contribution < -0.4 is 0 Å². The molecule has 1 aliphatic rings. The molecular weight excluding hydrogens is 450 g/mol. The maximum Gasteiger partial charge on any atom is 0.310 e. The highest BCUT2D eigenvalue weighted by molar-refractivity contribution is 5.96. The second kappa shape index (κ2) is 11.6. The minimum Gasteiger partial charge on any atom is -0.481 e. The largest absolute Gasteiger partial charge is 0.481 e. The van der Waals surface area contributed by atoms with Crippen molar-refractivity contribution in [2.75, 3.05) is 19.6 Å². The van der Waals surface area contributed by atoms with E-state index in [9.17, 15) is 14.7 Å². The predicted molar refractivity (Wildman–Crippen MR) is 141 cm³/mol. The summed E-state index contributed by atoms with van der Waals surface area (Å²) in [5.74, 6) is -1.25. The van der Waals surface area contributed by atoms with Crippen molar-refractivity contribution < 1.29 is 19.8 Å². The van der Waals surface area contributed by atoms with Crippen LogP contribution in [0, 0.1) is 5.92 Å². The second-order valence-electron chi connectivity index (χ2n) is 9.82. The number of nitrogens with zero attached hydrogens (tertiary/aromatic N) is 1. The van der Waals surface area contributed by atoms with E-state index in [1.807, 2.05) is 60.7 Å². The van der Waals surface area contributed by atoms with Crippen LogP contribution in [0.4, 0.5) is 0 Å². The summed E-state index contributed by atoms with van der Waals surface area (Å²) in [5.41, 5.74) is 2.18. The minimum absolute atomic E-state index is 0.0851. The van der Waals surface area contributed by atoms with E-state index >= 15 is 0 Å². The number of Topliss-reactive ketones (excluding diaryl/α,β-unsaturated/α-hetero) is 1. The van der Waals surface area contributed by atoms with Crippen LogP contribution in [0.15, 0.2) is 84.9 Å². The van der Waals surface area contributed by atoms with Gasteiger partial charge in [-0.05, 0) is 68.4 Å². The van der Waals surface area contributed by atoms with Crippen molar-refractivity contribution in [3.63, 3.8) is 0 Å². The highest BCUT2D eigenvalue weighted by atomic mass is 16.4. The Hall–Kier alpha value is -3.28. The fraction of sp³-hybridized carbons (Fsp3) is 0.355. The fourth-order valence-corrected chi connectivity index (χ4v) is 5.30. The van der Waals surface area contributed by atoms with Gasteiger partial charge in [0.05, 0.1) is 5.92 Å². The average molecular weight is 486 g/mol. The van der Waals surface area contributed by atoms with Crippen molar-refractivity contribution in [3.05, 3.63) is 107 Å². The minimum atomic E-state index is -1.02. The van der Waals surface area contributed by atoms with E-state index in [-0.39, 0.29) is 11.7 Å². The molecule has 188 valence electrons. The first-order chi connectivity index (χ1) is 17.4. The number of benzene rings is 3. The number of carboxylic acid groups (broad SMARTS) is 1. The molecule has 0 radical (unpaired) electrons. The van der Waals surface area contributed by atoms with Gasteiger partial charge in [-0.15, -0.1) is 0 Å². The smallest absolute Gasteiger partial charge is 0.310 e. The third-order valence-corrected chi connectivity index (χ3v) is 7.59. The first-order valence-electron chi connectivity index (χ1n) is 12.8. The number of rotatable bonds is 10. The number of carbonyl (C=O) groups is 2. The lowest BCUT2D eigenvalue weighted by atomic mass is 9.72. The van der Waals surface area contributed by atoms with Crippen molar-refractivity contribution in [3.8, 4) is 0 Å². The fourth-order valence-electron chi connectivity index (χ4n) is 5.30. The molecule has 1 heterocycles.